The second-order valence-electron chi connectivity index (χ2n) is 6.19. The van der Waals surface area contributed by atoms with Crippen LogP contribution in [-0.2, 0) is 11.2 Å². The second kappa shape index (κ2) is 7.82. The summed E-state index contributed by atoms with van der Waals surface area (Å²) in [5.74, 6) is 0.551. The summed E-state index contributed by atoms with van der Waals surface area (Å²) in [6, 6.07) is 9.96. The molecule has 0 radical (unpaired) electrons. The van der Waals surface area contributed by atoms with Crippen molar-refractivity contribution in [2.24, 2.45) is 0 Å². The summed E-state index contributed by atoms with van der Waals surface area (Å²) in [4.78, 5) is 0.959. The highest BCUT2D eigenvalue weighted by Gasteiger charge is 2.44. The lowest BCUT2D eigenvalue weighted by molar-refractivity contribution is -0.277. The largest absolute Gasteiger partial charge is 0.461 e. The Bertz CT molecular complexity index is 683. The van der Waals surface area contributed by atoms with E-state index in [1.807, 2.05) is 36.6 Å². The molecule has 1 aliphatic heterocycles. The van der Waals surface area contributed by atoms with E-state index in [0.717, 1.165) is 10.4 Å². The SMILES string of the molecule is Cc1ccc(Cc2sccc2OC2OC(CO)C(O)C(O)C2O)cc1. The van der Waals surface area contributed by atoms with Crippen molar-refractivity contribution in [1.29, 1.82) is 0 Å². The van der Waals surface area contributed by atoms with Crippen LogP contribution >= 0.6 is 11.3 Å². The maximum absolute atomic E-state index is 10.1. The molecule has 6 nitrogen and oxygen atoms in total. The minimum Gasteiger partial charge on any atom is -0.461 e. The second-order valence-corrected chi connectivity index (χ2v) is 7.19. The maximum Gasteiger partial charge on any atom is 0.229 e. The van der Waals surface area contributed by atoms with Crippen molar-refractivity contribution in [3.63, 3.8) is 0 Å². The summed E-state index contributed by atoms with van der Waals surface area (Å²) >= 11 is 1.52. The molecule has 7 heteroatoms. The highest BCUT2D eigenvalue weighted by Crippen LogP contribution is 2.31. The Kier molecular flexibility index (Phi) is 5.73. The van der Waals surface area contributed by atoms with E-state index in [2.05, 4.69) is 0 Å². The number of hydrogen-bond donors (Lipinski definition) is 4. The average Bonchev–Trinajstić information content (AvgIpc) is 3.04. The van der Waals surface area contributed by atoms with Crippen LogP contribution in [0.15, 0.2) is 35.7 Å². The Labute approximate surface area is 149 Å². The van der Waals surface area contributed by atoms with Gasteiger partial charge in [0.2, 0.25) is 6.29 Å². The van der Waals surface area contributed by atoms with E-state index >= 15 is 0 Å². The highest BCUT2D eigenvalue weighted by atomic mass is 32.1. The van der Waals surface area contributed by atoms with E-state index in [1.165, 1.54) is 16.9 Å². The lowest BCUT2D eigenvalue weighted by Crippen LogP contribution is -2.60. The molecule has 0 saturated carbocycles. The van der Waals surface area contributed by atoms with Crippen LogP contribution < -0.4 is 4.74 Å². The monoisotopic (exact) mass is 366 g/mol. The Morgan fingerprint density at radius 1 is 1.04 bits per heavy atom. The fourth-order valence-electron chi connectivity index (χ4n) is 2.74. The van der Waals surface area contributed by atoms with Gasteiger partial charge in [-0.25, -0.2) is 0 Å². The fourth-order valence-corrected chi connectivity index (χ4v) is 3.58. The molecular formula is C18H22O6S. The number of aryl methyl sites for hydroxylation is 1. The van der Waals surface area contributed by atoms with Crippen LogP contribution in [0.5, 0.6) is 5.75 Å². The van der Waals surface area contributed by atoms with Crippen molar-refractivity contribution < 1.29 is 29.9 Å². The first kappa shape index (κ1) is 18.3. The minimum atomic E-state index is -1.45. The molecule has 1 saturated heterocycles. The van der Waals surface area contributed by atoms with Crippen molar-refractivity contribution in [3.05, 3.63) is 51.7 Å². The van der Waals surface area contributed by atoms with Crippen LogP contribution in [0.2, 0.25) is 0 Å². The summed E-state index contributed by atoms with van der Waals surface area (Å²) in [7, 11) is 0. The van der Waals surface area contributed by atoms with Gasteiger partial charge in [-0.3, -0.25) is 0 Å². The summed E-state index contributed by atoms with van der Waals surface area (Å²) < 4.78 is 11.1. The molecule has 0 amide bonds. The smallest absolute Gasteiger partial charge is 0.229 e. The van der Waals surface area contributed by atoms with Crippen LogP contribution in [0.3, 0.4) is 0 Å². The van der Waals surface area contributed by atoms with Crippen molar-refractivity contribution >= 4 is 11.3 Å². The zero-order chi connectivity index (χ0) is 18.0. The highest BCUT2D eigenvalue weighted by molar-refractivity contribution is 7.10. The van der Waals surface area contributed by atoms with E-state index in [4.69, 9.17) is 9.47 Å². The van der Waals surface area contributed by atoms with Crippen molar-refractivity contribution in [2.45, 2.75) is 44.1 Å². The zero-order valence-corrected chi connectivity index (χ0v) is 14.6. The number of thiophene rings is 1. The topological polar surface area (TPSA) is 99.4 Å². The maximum atomic E-state index is 10.1. The summed E-state index contributed by atoms with van der Waals surface area (Å²) in [5.41, 5.74) is 2.32. The lowest BCUT2D eigenvalue weighted by Gasteiger charge is -2.39. The van der Waals surface area contributed by atoms with Gasteiger partial charge in [0.05, 0.1) is 11.5 Å². The lowest BCUT2D eigenvalue weighted by atomic mass is 9.99. The number of rotatable bonds is 5. The number of aliphatic hydroxyl groups is 4. The molecule has 2 heterocycles. The number of ether oxygens (including phenoxy) is 2. The minimum absolute atomic E-state index is 0.481. The van der Waals surface area contributed by atoms with Crippen LogP contribution in [0, 0.1) is 6.92 Å². The van der Waals surface area contributed by atoms with Crippen LogP contribution in [0.1, 0.15) is 16.0 Å². The van der Waals surface area contributed by atoms with Gasteiger partial charge in [-0.15, -0.1) is 11.3 Å². The van der Waals surface area contributed by atoms with E-state index in [-0.39, 0.29) is 0 Å². The van der Waals surface area contributed by atoms with E-state index in [9.17, 15) is 20.4 Å². The van der Waals surface area contributed by atoms with Gasteiger partial charge in [-0.05, 0) is 23.9 Å². The number of hydrogen-bond acceptors (Lipinski definition) is 7. The van der Waals surface area contributed by atoms with E-state index < -0.39 is 37.3 Å². The molecular weight excluding hydrogens is 344 g/mol. The standard InChI is InChI=1S/C18H22O6S/c1-10-2-4-11(5-3-10)8-14-12(6-7-25-14)23-18-17(22)16(21)15(20)13(9-19)24-18/h2-7,13,15-22H,8-9H2,1H3. The molecule has 0 spiro atoms. The van der Waals surface area contributed by atoms with Crippen LogP contribution in [0.4, 0.5) is 0 Å². The average molecular weight is 366 g/mol. The van der Waals surface area contributed by atoms with Gasteiger partial charge < -0.3 is 29.9 Å². The van der Waals surface area contributed by atoms with Gasteiger partial charge in [-0.1, -0.05) is 29.8 Å². The molecule has 1 aromatic carbocycles. The van der Waals surface area contributed by atoms with E-state index in [0.29, 0.717) is 12.2 Å². The summed E-state index contributed by atoms with van der Waals surface area (Å²) in [5, 5.41) is 40.9. The first-order valence-electron chi connectivity index (χ1n) is 8.08. The molecule has 2 aromatic rings. The molecule has 3 rings (SSSR count). The predicted molar refractivity (Wildman–Crippen MR) is 92.7 cm³/mol. The molecule has 1 fully saturated rings. The van der Waals surface area contributed by atoms with Gasteiger partial charge in [0.25, 0.3) is 0 Å². The number of aliphatic hydroxyl groups excluding tert-OH is 4. The third kappa shape index (κ3) is 4.03. The molecule has 1 aromatic heterocycles. The normalized spacial score (nSPS) is 29.6. The first-order valence-corrected chi connectivity index (χ1v) is 8.96. The molecule has 136 valence electrons. The van der Waals surface area contributed by atoms with Gasteiger partial charge in [-0.2, -0.15) is 0 Å². The molecule has 4 N–H and O–H groups in total. The molecule has 5 unspecified atom stereocenters. The fraction of sp³-hybridized carbons (Fsp3) is 0.444. The third-order valence-corrected chi connectivity index (χ3v) is 5.18. The number of benzene rings is 1. The first-order chi connectivity index (χ1) is 12.0. The van der Waals surface area contributed by atoms with Crippen LogP contribution in [-0.4, -0.2) is 57.7 Å². The Hall–Kier alpha value is -1.48. The molecule has 0 aliphatic carbocycles. The third-order valence-electron chi connectivity index (χ3n) is 4.28. The summed E-state index contributed by atoms with van der Waals surface area (Å²) in [6.45, 7) is 1.55. The van der Waals surface area contributed by atoms with Gasteiger partial charge in [0, 0.05) is 6.42 Å². The zero-order valence-electron chi connectivity index (χ0n) is 13.8. The predicted octanol–water partition coefficient (Wildman–Crippen LogP) is 0.826. The van der Waals surface area contributed by atoms with Crippen LogP contribution in [0.25, 0.3) is 0 Å². The van der Waals surface area contributed by atoms with E-state index in [1.54, 1.807) is 6.07 Å². The van der Waals surface area contributed by atoms with Gasteiger partial charge in [0.1, 0.15) is 30.2 Å². The van der Waals surface area contributed by atoms with Gasteiger partial charge >= 0.3 is 0 Å². The molecule has 0 bridgehead atoms. The van der Waals surface area contributed by atoms with Crippen molar-refractivity contribution in [2.75, 3.05) is 6.61 Å². The molecule has 5 atom stereocenters. The van der Waals surface area contributed by atoms with Gasteiger partial charge in [0.15, 0.2) is 0 Å². The molecule has 1 aliphatic rings. The summed E-state index contributed by atoms with van der Waals surface area (Å²) in [6.07, 6.45) is -5.73. The quantitative estimate of drug-likeness (QED) is 0.626. The Balaban J connectivity index is 1.73. The Morgan fingerprint density at radius 2 is 1.76 bits per heavy atom. The van der Waals surface area contributed by atoms with Crippen molar-refractivity contribution in [3.8, 4) is 5.75 Å². The van der Waals surface area contributed by atoms with Crippen molar-refractivity contribution in [1.82, 2.24) is 0 Å². The Morgan fingerprint density at radius 3 is 2.44 bits per heavy atom. The molecule has 25 heavy (non-hydrogen) atoms.